The lowest BCUT2D eigenvalue weighted by molar-refractivity contribution is -0.384. The molecule has 0 amide bonds. The fourth-order valence-electron chi connectivity index (χ4n) is 2.12. The monoisotopic (exact) mass is 375 g/mol. The predicted octanol–water partition coefficient (Wildman–Crippen LogP) is 3.83. The topological polar surface area (TPSA) is 102 Å². The summed E-state index contributed by atoms with van der Waals surface area (Å²) in [7, 11) is -3.73. The molecular weight excluding hydrogens is 362 g/mol. The third-order valence-corrected chi connectivity index (χ3v) is 5.65. The number of nitro groups is 1. The summed E-state index contributed by atoms with van der Waals surface area (Å²) in [6, 6.07) is 12.5. The van der Waals surface area contributed by atoms with E-state index in [1.807, 2.05) is 6.92 Å². The third-order valence-electron chi connectivity index (χ3n) is 3.41. The van der Waals surface area contributed by atoms with Crippen molar-refractivity contribution in [2.45, 2.75) is 11.8 Å². The number of non-ortho nitro benzene ring substituents is 1. The lowest BCUT2D eigenvalue weighted by Gasteiger charge is -2.05. The van der Waals surface area contributed by atoms with Gasteiger partial charge in [-0.1, -0.05) is 29.8 Å². The van der Waals surface area contributed by atoms with Gasteiger partial charge in [-0.25, -0.2) is 13.4 Å². The zero-order valence-electron chi connectivity index (χ0n) is 13.0. The molecule has 0 aliphatic heterocycles. The van der Waals surface area contributed by atoms with E-state index < -0.39 is 14.9 Å². The number of aromatic nitrogens is 1. The van der Waals surface area contributed by atoms with Crippen molar-refractivity contribution in [3.05, 3.63) is 69.6 Å². The summed E-state index contributed by atoms with van der Waals surface area (Å²) < 4.78 is 27.2. The van der Waals surface area contributed by atoms with Crippen molar-refractivity contribution in [1.82, 2.24) is 4.98 Å². The average Bonchev–Trinajstić information content (AvgIpc) is 3.03. The summed E-state index contributed by atoms with van der Waals surface area (Å²) in [5.74, 6) is 0. The van der Waals surface area contributed by atoms with E-state index in [1.54, 1.807) is 29.6 Å². The number of aryl methyl sites for hydroxylation is 1. The fourth-order valence-corrected chi connectivity index (χ4v) is 4.10. The number of rotatable bonds is 5. The maximum atomic E-state index is 12.4. The fraction of sp³-hybridized carbons (Fsp3) is 0.0625. The highest BCUT2D eigenvalue weighted by molar-refractivity contribution is 7.93. The molecule has 0 aliphatic rings. The first kappa shape index (κ1) is 17.1. The lowest BCUT2D eigenvalue weighted by Crippen LogP contribution is -2.12. The van der Waals surface area contributed by atoms with E-state index >= 15 is 0 Å². The normalized spacial score (nSPS) is 11.2. The molecule has 25 heavy (non-hydrogen) atoms. The molecule has 0 saturated heterocycles. The van der Waals surface area contributed by atoms with Gasteiger partial charge in [0.15, 0.2) is 5.13 Å². The van der Waals surface area contributed by atoms with Crippen molar-refractivity contribution in [3.8, 4) is 11.3 Å². The Bertz CT molecular complexity index is 1030. The van der Waals surface area contributed by atoms with Crippen LogP contribution in [-0.2, 0) is 10.0 Å². The maximum Gasteiger partial charge on any atom is 0.270 e. The molecule has 0 atom stereocenters. The van der Waals surface area contributed by atoms with Crippen LogP contribution in [0.4, 0.5) is 10.8 Å². The van der Waals surface area contributed by atoms with Crippen LogP contribution in [0.25, 0.3) is 11.3 Å². The van der Waals surface area contributed by atoms with E-state index in [0.29, 0.717) is 11.3 Å². The molecule has 3 aromatic rings. The molecule has 0 spiro atoms. The average molecular weight is 375 g/mol. The van der Waals surface area contributed by atoms with Crippen LogP contribution in [0.3, 0.4) is 0 Å². The van der Waals surface area contributed by atoms with Crippen molar-refractivity contribution in [2.75, 3.05) is 4.72 Å². The van der Waals surface area contributed by atoms with Crippen LogP contribution in [0.1, 0.15) is 5.56 Å². The molecule has 0 bridgehead atoms. The molecule has 0 fully saturated rings. The minimum Gasteiger partial charge on any atom is -0.258 e. The van der Waals surface area contributed by atoms with E-state index in [-0.39, 0.29) is 15.7 Å². The number of nitrogens with one attached hydrogen (secondary N) is 1. The highest BCUT2D eigenvalue weighted by atomic mass is 32.2. The standard InChI is InChI=1S/C16H13N3O4S2/c1-11-5-7-14(8-6-11)25(22,23)18-16-17-15(10-24-16)12-3-2-4-13(9-12)19(20)21/h2-10H,1H3,(H,17,18). The Balaban J connectivity index is 1.85. The van der Waals surface area contributed by atoms with Crippen molar-refractivity contribution < 1.29 is 13.3 Å². The van der Waals surface area contributed by atoms with E-state index in [1.165, 1.54) is 24.3 Å². The molecule has 3 rings (SSSR count). The van der Waals surface area contributed by atoms with Gasteiger partial charge in [0.2, 0.25) is 0 Å². The largest absolute Gasteiger partial charge is 0.270 e. The number of hydrogen-bond acceptors (Lipinski definition) is 6. The van der Waals surface area contributed by atoms with E-state index in [4.69, 9.17) is 0 Å². The van der Waals surface area contributed by atoms with Gasteiger partial charge in [-0.2, -0.15) is 0 Å². The molecule has 1 aromatic heterocycles. The Hall–Kier alpha value is -2.78. The second kappa shape index (κ2) is 6.61. The summed E-state index contributed by atoms with van der Waals surface area (Å²) in [6.07, 6.45) is 0. The Morgan fingerprint density at radius 3 is 2.56 bits per heavy atom. The Kier molecular flexibility index (Phi) is 4.51. The molecule has 0 aliphatic carbocycles. The predicted molar refractivity (Wildman–Crippen MR) is 96.2 cm³/mol. The van der Waals surface area contributed by atoms with Crippen LogP contribution in [-0.4, -0.2) is 18.3 Å². The Labute approximate surface area is 148 Å². The van der Waals surface area contributed by atoms with Crippen molar-refractivity contribution in [3.63, 3.8) is 0 Å². The third kappa shape index (κ3) is 3.83. The van der Waals surface area contributed by atoms with Gasteiger partial charge in [0.1, 0.15) is 0 Å². The summed E-state index contributed by atoms with van der Waals surface area (Å²) in [5, 5.41) is 12.7. The van der Waals surface area contributed by atoms with Crippen molar-refractivity contribution in [1.29, 1.82) is 0 Å². The molecule has 7 nitrogen and oxygen atoms in total. The van der Waals surface area contributed by atoms with Gasteiger partial charge < -0.3 is 0 Å². The van der Waals surface area contributed by atoms with Gasteiger partial charge in [0, 0.05) is 23.1 Å². The molecule has 0 saturated carbocycles. The number of sulfonamides is 1. The van der Waals surface area contributed by atoms with Crippen LogP contribution < -0.4 is 4.72 Å². The smallest absolute Gasteiger partial charge is 0.258 e. The SMILES string of the molecule is Cc1ccc(S(=O)(=O)Nc2nc(-c3cccc([N+](=O)[O-])c3)cs2)cc1. The summed E-state index contributed by atoms with van der Waals surface area (Å²) in [6.45, 7) is 1.87. The van der Waals surface area contributed by atoms with Crippen LogP contribution >= 0.6 is 11.3 Å². The zero-order valence-corrected chi connectivity index (χ0v) is 14.7. The molecular formula is C16H13N3O4S2. The number of hydrogen-bond donors (Lipinski definition) is 1. The van der Waals surface area contributed by atoms with Gasteiger partial charge in [-0.15, -0.1) is 11.3 Å². The maximum absolute atomic E-state index is 12.4. The molecule has 0 unspecified atom stereocenters. The van der Waals surface area contributed by atoms with Gasteiger partial charge in [-0.05, 0) is 19.1 Å². The second-order valence-electron chi connectivity index (χ2n) is 5.26. The molecule has 1 heterocycles. The highest BCUT2D eigenvalue weighted by Crippen LogP contribution is 2.28. The van der Waals surface area contributed by atoms with Crippen LogP contribution in [0.2, 0.25) is 0 Å². The number of thiazole rings is 1. The van der Waals surface area contributed by atoms with E-state index in [2.05, 4.69) is 9.71 Å². The Morgan fingerprint density at radius 1 is 1.16 bits per heavy atom. The molecule has 0 radical (unpaired) electrons. The molecule has 2 aromatic carbocycles. The van der Waals surface area contributed by atoms with Crippen molar-refractivity contribution >= 4 is 32.2 Å². The quantitative estimate of drug-likeness (QED) is 0.539. The first-order valence-corrected chi connectivity index (χ1v) is 9.51. The van der Waals surface area contributed by atoms with Gasteiger partial charge in [0.05, 0.1) is 15.5 Å². The molecule has 9 heteroatoms. The summed E-state index contributed by atoms with van der Waals surface area (Å²) in [5.41, 5.74) is 1.93. The van der Waals surface area contributed by atoms with Crippen molar-refractivity contribution in [2.24, 2.45) is 0 Å². The molecule has 128 valence electrons. The van der Waals surface area contributed by atoms with Gasteiger partial charge >= 0.3 is 0 Å². The number of anilines is 1. The second-order valence-corrected chi connectivity index (χ2v) is 7.80. The first-order valence-electron chi connectivity index (χ1n) is 7.15. The molecule has 1 N–H and O–H groups in total. The highest BCUT2D eigenvalue weighted by Gasteiger charge is 2.17. The zero-order chi connectivity index (χ0) is 18.0. The van der Waals surface area contributed by atoms with Crippen LogP contribution in [0, 0.1) is 17.0 Å². The summed E-state index contributed by atoms with van der Waals surface area (Å²) in [4.78, 5) is 14.7. The minimum atomic E-state index is -3.73. The van der Waals surface area contributed by atoms with Gasteiger partial charge in [-0.3, -0.25) is 14.8 Å². The number of benzene rings is 2. The van der Waals surface area contributed by atoms with E-state index in [9.17, 15) is 18.5 Å². The van der Waals surface area contributed by atoms with E-state index in [0.717, 1.165) is 16.9 Å². The van der Waals surface area contributed by atoms with Crippen LogP contribution in [0.5, 0.6) is 0 Å². The summed E-state index contributed by atoms with van der Waals surface area (Å²) >= 11 is 1.11. The minimum absolute atomic E-state index is 0.0488. The van der Waals surface area contributed by atoms with Crippen LogP contribution in [0.15, 0.2) is 58.8 Å². The number of nitro benzene ring substituents is 1. The van der Waals surface area contributed by atoms with Gasteiger partial charge in [0.25, 0.3) is 15.7 Å². The Morgan fingerprint density at radius 2 is 1.88 bits per heavy atom. The lowest BCUT2D eigenvalue weighted by atomic mass is 10.1. The number of nitrogens with zero attached hydrogens (tertiary/aromatic N) is 2. The first-order chi connectivity index (χ1) is 11.8.